The van der Waals surface area contributed by atoms with Gasteiger partial charge in [0, 0.05) is 39.7 Å². The van der Waals surface area contributed by atoms with Crippen molar-refractivity contribution >= 4 is 11.8 Å². The molecule has 0 saturated carbocycles. The Kier molecular flexibility index (Phi) is 5.33. The van der Waals surface area contributed by atoms with Crippen LogP contribution in [0.3, 0.4) is 0 Å². The molecule has 2 aromatic rings. The number of hydrogen-bond acceptors (Lipinski definition) is 5. The Morgan fingerprint density at radius 3 is 2.72 bits per heavy atom. The van der Waals surface area contributed by atoms with Crippen LogP contribution in [-0.2, 0) is 6.54 Å². The van der Waals surface area contributed by atoms with Crippen molar-refractivity contribution in [1.29, 1.82) is 0 Å². The van der Waals surface area contributed by atoms with E-state index in [0.29, 0.717) is 25.5 Å². The summed E-state index contributed by atoms with van der Waals surface area (Å²) in [6.45, 7) is 1.76. The summed E-state index contributed by atoms with van der Waals surface area (Å²) in [4.78, 5) is 15.9. The fourth-order valence-corrected chi connectivity index (χ4v) is 2.68. The Balaban J connectivity index is 1.47. The Hall–Kier alpha value is -2.83. The summed E-state index contributed by atoms with van der Waals surface area (Å²) in [7, 11) is 3.82. The highest BCUT2D eigenvalue weighted by Gasteiger charge is 2.27. The molecule has 0 radical (unpaired) electrons. The summed E-state index contributed by atoms with van der Waals surface area (Å²) < 4.78 is 5.84. The van der Waals surface area contributed by atoms with Gasteiger partial charge in [0.25, 0.3) is 0 Å². The van der Waals surface area contributed by atoms with Gasteiger partial charge in [0.05, 0.1) is 6.54 Å². The molecule has 0 aliphatic carbocycles. The van der Waals surface area contributed by atoms with Gasteiger partial charge in [-0.3, -0.25) is 0 Å². The second-order valence-corrected chi connectivity index (χ2v) is 6.24. The number of likely N-dealkylation sites (tertiary alicyclic amines) is 1. The largest absolute Gasteiger partial charge is 0.471 e. The lowest BCUT2D eigenvalue weighted by Crippen LogP contribution is -2.39. The second kappa shape index (κ2) is 7.83. The molecule has 0 spiro atoms. The number of carbonyl (C=O) groups is 1. The molecule has 1 aromatic heterocycles. The minimum Gasteiger partial charge on any atom is -0.471 e. The van der Waals surface area contributed by atoms with Crippen molar-refractivity contribution in [2.45, 2.75) is 19.1 Å². The van der Waals surface area contributed by atoms with Crippen LogP contribution < -0.4 is 15.0 Å². The number of ether oxygens (including phenoxy) is 1. The van der Waals surface area contributed by atoms with Crippen molar-refractivity contribution in [3.63, 3.8) is 0 Å². The van der Waals surface area contributed by atoms with Gasteiger partial charge < -0.3 is 19.9 Å². The van der Waals surface area contributed by atoms with Crippen molar-refractivity contribution in [2.24, 2.45) is 0 Å². The first-order valence-corrected chi connectivity index (χ1v) is 8.36. The lowest BCUT2D eigenvalue weighted by molar-refractivity contribution is 0.182. The summed E-state index contributed by atoms with van der Waals surface area (Å²) in [5, 5.41) is 11.1. The molecule has 1 aromatic carbocycles. The zero-order valence-corrected chi connectivity index (χ0v) is 14.6. The molecule has 1 atom stereocenters. The van der Waals surface area contributed by atoms with Gasteiger partial charge >= 0.3 is 6.03 Å². The summed E-state index contributed by atoms with van der Waals surface area (Å²) >= 11 is 0. The summed E-state index contributed by atoms with van der Waals surface area (Å²) in [5.74, 6) is 1.27. The molecule has 0 bridgehead atoms. The van der Waals surface area contributed by atoms with Gasteiger partial charge in [0.2, 0.25) is 5.88 Å². The minimum absolute atomic E-state index is 0.0537. The Labute approximate surface area is 147 Å². The van der Waals surface area contributed by atoms with Crippen LogP contribution in [0.1, 0.15) is 12.0 Å². The predicted molar refractivity (Wildman–Crippen MR) is 95.6 cm³/mol. The average molecular weight is 341 g/mol. The van der Waals surface area contributed by atoms with Crippen LogP contribution in [0.2, 0.25) is 0 Å². The number of rotatable bonds is 5. The third kappa shape index (κ3) is 4.59. The quantitative estimate of drug-likeness (QED) is 0.899. The standard InChI is InChI=1S/C18H23N5O2/c1-22(2)16-8-9-17(21-20-16)25-15-10-11-23(13-15)18(24)19-12-14-6-4-3-5-7-14/h3-9,15H,10-13H2,1-2H3,(H,19,24)/t15-/m1/s1. The average Bonchev–Trinajstić information content (AvgIpc) is 3.09. The smallest absolute Gasteiger partial charge is 0.317 e. The first-order valence-electron chi connectivity index (χ1n) is 8.36. The number of nitrogens with zero attached hydrogens (tertiary/aromatic N) is 4. The predicted octanol–water partition coefficient (Wildman–Crippen LogP) is 1.91. The monoisotopic (exact) mass is 341 g/mol. The maximum Gasteiger partial charge on any atom is 0.317 e. The van der Waals surface area contributed by atoms with Crippen LogP contribution >= 0.6 is 0 Å². The molecule has 7 heteroatoms. The van der Waals surface area contributed by atoms with Gasteiger partial charge in [0.15, 0.2) is 5.82 Å². The van der Waals surface area contributed by atoms with Crippen LogP contribution in [0.25, 0.3) is 0 Å². The van der Waals surface area contributed by atoms with Crippen LogP contribution in [0.5, 0.6) is 5.88 Å². The Bertz CT molecular complexity index is 690. The molecule has 1 fully saturated rings. The fourth-order valence-electron chi connectivity index (χ4n) is 2.68. The summed E-state index contributed by atoms with van der Waals surface area (Å²) in [5.41, 5.74) is 1.08. The first kappa shape index (κ1) is 17.0. The maximum atomic E-state index is 12.3. The Morgan fingerprint density at radius 2 is 2.04 bits per heavy atom. The van der Waals surface area contributed by atoms with Crippen molar-refractivity contribution in [2.75, 3.05) is 32.1 Å². The van der Waals surface area contributed by atoms with E-state index >= 15 is 0 Å². The van der Waals surface area contributed by atoms with E-state index in [-0.39, 0.29) is 12.1 Å². The van der Waals surface area contributed by atoms with E-state index in [0.717, 1.165) is 17.8 Å². The van der Waals surface area contributed by atoms with E-state index < -0.39 is 0 Å². The number of urea groups is 1. The zero-order chi connectivity index (χ0) is 17.6. The van der Waals surface area contributed by atoms with Gasteiger partial charge in [-0.2, -0.15) is 0 Å². The van der Waals surface area contributed by atoms with Gasteiger partial charge in [0.1, 0.15) is 6.10 Å². The highest BCUT2D eigenvalue weighted by molar-refractivity contribution is 5.74. The molecule has 2 heterocycles. The fraction of sp³-hybridized carbons (Fsp3) is 0.389. The molecule has 132 valence electrons. The Morgan fingerprint density at radius 1 is 1.24 bits per heavy atom. The normalized spacial score (nSPS) is 16.6. The minimum atomic E-state index is -0.0657. The SMILES string of the molecule is CN(C)c1ccc(O[C@@H]2CCN(C(=O)NCc3ccccc3)C2)nn1. The molecule has 2 amide bonds. The number of nitrogens with one attached hydrogen (secondary N) is 1. The van der Waals surface area contributed by atoms with Crippen LogP contribution in [0.15, 0.2) is 42.5 Å². The van der Waals surface area contributed by atoms with E-state index in [2.05, 4.69) is 15.5 Å². The summed E-state index contributed by atoms with van der Waals surface area (Å²) in [6.07, 6.45) is 0.734. The maximum absolute atomic E-state index is 12.3. The van der Waals surface area contributed by atoms with Gasteiger partial charge in [-0.1, -0.05) is 30.3 Å². The van der Waals surface area contributed by atoms with Gasteiger partial charge in [-0.25, -0.2) is 4.79 Å². The number of benzene rings is 1. The molecule has 7 nitrogen and oxygen atoms in total. The molecule has 1 aliphatic rings. The molecule has 1 saturated heterocycles. The molecular weight excluding hydrogens is 318 g/mol. The van der Waals surface area contributed by atoms with Crippen molar-refractivity contribution in [1.82, 2.24) is 20.4 Å². The number of aromatic nitrogens is 2. The van der Waals surface area contributed by atoms with Gasteiger partial charge in [-0.05, 0) is 11.6 Å². The lowest BCUT2D eigenvalue weighted by Gasteiger charge is -2.18. The van der Waals surface area contributed by atoms with E-state index in [9.17, 15) is 4.79 Å². The number of hydrogen-bond donors (Lipinski definition) is 1. The molecular formula is C18H23N5O2. The van der Waals surface area contributed by atoms with Crippen molar-refractivity contribution < 1.29 is 9.53 Å². The van der Waals surface area contributed by atoms with Crippen LogP contribution in [0.4, 0.5) is 10.6 Å². The lowest BCUT2D eigenvalue weighted by atomic mass is 10.2. The van der Waals surface area contributed by atoms with Crippen molar-refractivity contribution in [3.05, 3.63) is 48.0 Å². The van der Waals surface area contributed by atoms with E-state index in [4.69, 9.17) is 4.74 Å². The first-order chi connectivity index (χ1) is 12.1. The highest BCUT2D eigenvalue weighted by Crippen LogP contribution is 2.17. The number of anilines is 1. The van der Waals surface area contributed by atoms with E-state index in [1.807, 2.05) is 55.4 Å². The third-order valence-electron chi connectivity index (χ3n) is 4.09. The number of amides is 2. The molecule has 3 rings (SSSR count). The second-order valence-electron chi connectivity index (χ2n) is 6.24. The van der Waals surface area contributed by atoms with Gasteiger partial charge in [-0.15, -0.1) is 10.2 Å². The molecule has 1 aliphatic heterocycles. The molecule has 1 N–H and O–H groups in total. The van der Waals surface area contributed by atoms with Crippen molar-refractivity contribution in [3.8, 4) is 5.88 Å². The third-order valence-corrected chi connectivity index (χ3v) is 4.09. The molecule has 25 heavy (non-hydrogen) atoms. The van der Waals surface area contributed by atoms with E-state index in [1.54, 1.807) is 11.0 Å². The highest BCUT2D eigenvalue weighted by atomic mass is 16.5. The summed E-state index contributed by atoms with van der Waals surface area (Å²) in [6, 6.07) is 13.5. The topological polar surface area (TPSA) is 70.6 Å². The van der Waals surface area contributed by atoms with Crippen LogP contribution in [-0.4, -0.2) is 54.4 Å². The molecule has 0 unspecified atom stereocenters. The zero-order valence-electron chi connectivity index (χ0n) is 14.6. The number of carbonyl (C=O) groups excluding carboxylic acids is 1. The van der Waals surface area contributed by atoms with E-state index in [1.165, 1.54) is 0 Å². The van der Waals surface area contributed by atoms with Crippen LogP contribution in [0, 0.1) is 0 Å².